The molecule has 1 aromatic carbocycles. The van der Waals surface area contributed by atoms with Crippen LogP contribution in [0.15, 0.2) is 18.2 Å². The fourth-order valence-electron chi connectivity index (χ4n) is 1.75. The number of anilines is 1. The third kappa shape index (κ3) is 1.97. The molecule has 0 saturated carbocycles. The van der Waals surface area contributed by atoms with Gasteiger partial charge in [-0.05, 0) is 18.6 Å². The Morgan fingerprint density at radius 2 is 2.25 bits per heavy atom. The number of halogens is 1. The Bertz CT molecular complexity index is 548. The monoisotopic (exact) mass is 238 g/mol. The van der Waals surface area contributed by atoms with Crippen molar-refractivity contribution in [2.75, 3.05) is 5.73 Å². The lowest BCUT2D eigenvalue weighted by atomic mass is 10.1. The summed E-state index contributed by atoms with van der Waals surface area (Å²) in [6, 6.07) is 5.39. The highest BCUT2D eigenvalue weighted by atomic mass is 35.5. The lowest BCUT2D eigenvalue weighted by Crippen LogP contribution is -1.99. The second kappa shape index (κ2) is 4.06. The number of fused-ring (bicyclic) bond motifs is 1. The first-order valence-electron chi connectivity index (χ1n) is 4.85. The average Bonchev–Trinajstić information content (AvgIpc) is 2.50. The van der Waals surface area contributed by atoms with E-state index < -0.39 is 5.97 Å². The lowest BCUT2D eigenvalue weighted by Gasteiger charge is -1.98. The summed E-state index contributed by atoms with van der Waals surface area (Å²) in [7, 11) is 0. The van der Waals surface area contributed by atoms with E-state index in [1.165, 1.54) is 0 Å². The molecule has 4 N–H and O–H groups in total. The lowest BCUT2D eigenvalue weighted by molar-refractivity contribution is -0.136. The number of benzene rings is 1. The number of aromatic amines is 1. The zero-order chi connectivity index (χ0) is 11.7. The Kier molecular flexibility index (Phi) is 2.75. The predicted molar refractivity (Wildman–Crippen MR) is 63.7 cm³/mol. The molecule has 2 rings (SSSR count). The summed E-state index contributed by atoms with van der Waals surface area (Å²) in [5.74, 6) is -0.318. The second-order valence-electron chi connectivity index (χ2n) is 3.60. The van der Waals surface area contributed by atoms with Crippen LogP contribution in [0.3, 0.4) is 0 Å². The first-order chi connectivity index (χ1) is 7.58. The van der Waals surface area contributed by atoms with E-state index in [2.05, 4.69) is 4.98 Å². The predicted octanol–water partition coefficient (Wildman–Crippen LogP) is 2.42. The van der Waals surface area contributed by atoms with Crippen molar-refractivity contribution in [3.63, 3.8) is 0 Å². The normalized spacial score (nSPS) is 10.8. The number of aryl methyl sites for hydroxylation is 1. The minimum atomic E-state index is -0.831. The number of hydrogen-bond donors (Lipinski definition) is 3. The van der Waals surface area contributed by atoms with E-state index in [9.17, 15) is 4.79 Å². The molecule has 0 aliphatic heterocycles. The third-order valence-electron chi connectivity index (χ3n) is 2.49. The van der Waals surface area contributed by atoms with Crippen LogP contribution in [0.2, 0.25) is 5.02 Å². The zero-order valence-corrected chi connectivity index (χ0v) is 9.21. The van der Waals surface area contributed by atoms with Gasteiger partial charge in [0.05, 0.1) is 0 Å². The fraction of sp³-hybridized carbons (Fsp3) is 0.182. The number of aliphatic carboxylic acids is 1. The van der Waals surface area contributed by atoms with Crippen molar-refractivity contribution in [2.45, 2.75) is 12.8 Å². The Balaban J connectivity index is 2.43. The fourth-order valence-corrected chi connectivity index (χ4v) is 1.92. The Morgan fingerprint density at radius 1 is 1.50 bits per heavy atom. The quantitative estimate of drug-likeness (QED) is 0.768. The summed E-state index contributed by atoms with van der Waals surface area (Å²) in [5.41, 5.74) is 7.48. The standard InChI is InChI=1S/C11H11ClN2O2/c12-6-1-2-7-8(3-4-10(15)16)11(13)14-9(7)5-6/h1-2,5,14H,3-4,13H2,(H,15,16). The number of rotatable bonds is 3. The first-order valence-corrected chi connectivity index (χ1v) is 5.23. The largest absolute Gasteiger partial charge is 0.481 e. The van der Waals surface area contributed by atoms with E-state index in [1.807, 2.05) is 6.07 Å². The van der Waals surface area contributed by atoms with Crippen LogP contribution in [-0.2, 0) is 11.2 Å². The van der Waals surface area contributed by atoms with Crippen molar-refractivity contribution in [1.82, 2.24) is 4.98 Å². The summed E-state index contributed by atoms with van der Waals surface area (Å²) in [6.45, 7) is 0. The topological polar surface area (TPSA) is 79.1 Å². The van der Waals surface area contributed by atoms with Gasteiger partial charge in [0.25, 0.3) is 0 Å². The van der Waals surface area contributed by atoms with Crippen molar-refractivity contribution in [3.8, 4) is 0 Å². The maximum absolute atomic E-state index is 10.5. The van der Waals surface area contributed by atoms with Gasteiger partial charge in [0.15, 0.2) is 0 Å². The van der Waals surface area contributed by atoms with E-state index in [0.29, 0.717) is 17.3 Å². The molecule has 1 aromatic heterocycles. The van der Waals surface area contributed by atoms with Crippen LogP contribution in [0, 0.1) is 0 Å². The Morgan fingerprint density at radius 3 is 2.94 bits per heavy atom. The van der Waals surface area contributed by atoms with Crippen LogP contribution < -0.4 is 5.73 Å². The van der Waals surface area contributed by atoms with Gasteiger partial charge in [-0.15, -0.1) is 0 Å². The smallest absolute Gasteiger partial charge is 0.303 e. The van der Waals surface area contributed by atoms with Crippen molar-refractivity contribution in [3.05, 3.63) is 28.8 Å². The highest BCUT2D eigenvalue weighted by Gasteiger charge is 2.10. The summed E-state index contributed by atoms with van der Waals surface area (Å²) in [5, 5.41) is 10.2. The average molecular weight is 239 g/mol. The van der Waals surface area contributed by atoms with Crippen LogP contribution in [-0.4, -0.2) is 16.1 Å². The molecule has 0 amide bonds. The molecule has 84 valence electrons. The molecule has 16 heavy (non-hydrogen) atoms. The maximum atomic E-state index is 10.5. The summed E-state index contributed by atoms with van der Waals surface area (Å²) < 4.78 is 0. The van der Waals surface area contributed by atoms with Gasteiger partial charge in [0, 0.05) is 27.9 Å². The first kappa shape index (κ1) is 10.8. The van der Waals surface area contributed by atoms with Gasteiger partial charge >= 0.3 is 5.97 Å². The molecule has 0 aliphatic rings. The van der Waals surface area contributed by atoms with Crippen LogP contribution in [0.4, 0.5) is 5.82 Å². The summed E-state index contributed by atoms with van der Waals surface area (Å²) >= 11 is 5.85. The molecule has 0 saturated heterocycles. The molecular weight excluding hydrogens is 228 g/mol. The van der Waals surface area contributed by atoms with Gasteiger partial charge in [0.1, 0.15) is 5.82 Å². The van der Waals surface area contributed by atoms with Crippen LogP contribution >= 0.6 is 11.6 Å². The minimum Gasteiger partial charge on any atom is -0.481 e. The van der Waals surface area contributed by atoms with E-state index >= 15 is 0 Å². The molecular formula is C11H11ClN2O2. The van der Waals surface area contributed by atoms with Crippen molar-refractivity contribution < 1.29 is 9.90 Å². The van der Waals surface area contributed by atoms with Gasteiger partial charge < -0.3 is 15.8 Å². The number of carboxylic acids is 1. The number of aromatic nitrogens is 1. The van der Waals surface area contributed by atoms with E-state index in [-0.39, 0.29) is 6.42 Å². The van der Waals surface area contributed by atoms with Crippen molar-refractivity contribution in [1.29, 1.82) is 0 Å². The molecule has 1 heterocycles. The van der Waals surface area contributed by atoms with Crippen LogP contribution in [0.5, 0.6) is 0 Å². The molecule has 5 heteroatoms. The van der Waals surface area contributed by atoms with E-state index in [4.69, 9.17) is 22.4 Å². The summed E-state index contributed by atoms with van der Waals surface area (Å²) in [6.07, 6.45) is 0.489. The van der Waals surface area contributed by atoms with Crippen LogP contribution in [0.1, 0.15) is 12.0 Å². The Labute approximate surface area is 97.0 Å². The maximum Gasteiger partial charge on any atom is 0.303 e. The summed E-state index contributed by atoms with van der Waals surface area (Å²) in [4.78, 5) is 13.5. The van der Waals surface area contributed by atoms with Gasteiger partial charge in [-0.3, -0.25) is 4.79 Å². The number of carboxylic acid groups (broad SMARTS) is 1. The number of H-pyrrole nitrogens is 1. The highest BCUT2D eigenvalue weighted by Crippen LogP contribution is 2.27. The highest BCUT2D eigenvalue weighted by molar-refractivity contribution is 6.31. The molecule has 2 aromatic rings. The van der Waals surface area contributed by atoms with Crippen molar-refractivity contribution in [2.24, 2.45) is 0 Å². The van der Waals surface area contributed by atoms with Crippen molar-refractivity contribution >= 4 is 34.3 Å². The third-order valence-corrected chi connectivity index (χ3v) is 2.73. The molecule has 0 fully saturated rings. The number of nitrogens with one attached hydrogen (secondary N) is 1. The molecule has 0 spiro atoms. The van der Waals surface area contributed by atoms with E-state index in [0.717, 1.165) is 16.5 Å². The molecule has 0 aliphatic carbocycles. The molecule has 4 nitrogen and oxygen atoms in total. The van der Waals surface area contributed by atoms with Gasteiger partial charge in [-0.1, -0.05) is 17.7 Å². The second-order valence-corrected chi connectivity index (χ2v) is 4.04. The van der Waals surface area contributed by atoms with Crippen LogP contribution in [0.25, 0.3) is 10.9 Å². The van der Waals surface area contributed by atoms with E-state index in [1.54, 1.807) is 12.1 Å². The van der Waals surface area contributed by atoms with Gasteiger partial charge in [-0.2, -0.15) is 0 Å². The molecule has 0 unspecified atom stereocenters. The Hall–Kier alpha value is -1.68. The molecule has 0 atom stereocenters. The van der Waals surface area contributed by atoms with Gasteiger partial charge in [-0.25, -0.2) is 0 Å². The number of hydrogen-bond acceptors (Lipinski definition) is 2. The van der Waals surface area contributed by atoms with Gasteiger partial charge in [0.2, 0.25) is 0 Å². The minimum absolute atomic E-state index is 0.0692. The molecule has 0 radical (unpaired) electrons. The number of nitrogens with two attached hydrogens (primary N) is 1. The molecule has 0 bridgehead atoms. The number of nitrogen functional groups attached to an aromatic ring is 1. The zero-order valence-electron chi connectivity index (χ0n) is 8.46. The number of carbonyl (C=O) groups is 1. The SMILES string of the molecule is Nc1[nH]c2cc(Cl)ccc2c1CCC(=O)O.